The molecule has 358 valence electrons. The molecule has 0 fully saturated rings. The van der Waals surface area contributed by atoms with E-state index in [1.807, 2.05) is 11.8 Å². The van der Waals surface area contributed by atoms with E-state index in [4.69, 9.17) is 4.74 Å². The number of nitrogens with zero attached hydrogens (tertiary/aromatic N) is 1. The zero-order valence-electron chi connectivity index (χ0n) is 41.7. The van der Waals surface area contributed by atoms with Crippen LogP contribution < -0.4 is 9.64 Å². The maximum absolute atomic E-state index is 6.80. The van der Waals surface area contributed by atoms with Crippen LogP contribution >= 0.6 is 11.8 Å². The highest BCUT2D eigenvalue weighted by molar-refractivity contribution is 7.99. The molecule has 2 aliphatic heterocycles. The summed E-state index contributed by atoms with van der Waals surface area (Å²) in [7, 11) is 0. The van der Waals surface area contributed by atoms with E-state index in [1.165, 1.54) is 109 Å². The Morgan fingerprint density at radius 1 is 0.286 bits per heavy atom. The minimum Gasteiger partial charge on any atom is -0.457 e. The molecule has 0 radical (unpaired) electrons. The van der Waals surface area contributed by atoms with Gasteiger partial charge in [0.15, 0.2) is 0 Å². The number of ether oxygens (including phenoxy) is 1. The average Bonchev–Trinajstić information content (AvgIpc) is 4.16. The minimum absolute atomic E-state index is 0.527. The van der Waals surface area contributed by atoms with Crippen LogP contribution in [0.2, 0.25) is 0 Å². The van der Waals surface area contributed by atoms with Crippen molar-refractivity contribution < 1.29 is 4.74 Å². The van der Waals surface area contributed by atoms with Crippen molar-refractivity contribution in [1.82, 2.24) is 0 Å². The van der Waals surface area contributed by atoms with Crippen LogP contribution in [0.25, 0.3) is 65.7 Å². The van der Waals surface area contributed by atoms with Crippen molar-refractivity contribution in [1.29, 1.82) is 0 Å². The fraction of sp³-hybridized carbons (Fsp3) is 0.0270. The van der Waals surface area contributed by atoms with Crippen LogP contribution in [-0.2, 0) is 10.8 Å². The molecule has 13 aromatic rings. The summed E-state index contributed by atoms with van der Waals surface area (Å²) in [5.74, 6) is 1.77. The zero-order chi connectivity index (χ0) is 50.4. The molecule has 0 saturated carbocycles. The lowest BCUT2D eigenvalue weighted by Crippen LogP contribution is -2.32. The largest absolute Gasteiger partial charge is 0.457 e. The third-order valence-electron chi connectivity index (χ3n) is 17.4. The Kier molecular flexibility index (Phi) is 8.94. The molecule has 3 heteroatoms. The molecular formula is C74H45NOS. The topological polar surface area (TPSA) is 12.5 Å². The van der Waals surface area contributed by atoms with Crippen LogP contribution in [0, 0.1) is 0 Å². The standard InChI is InChI=1S/C74H45NOS/c1-2-20-52-50(18-1)51-19-3-4-21-53(51)58-44-47(38-42-54(52)58)46-36-39-48(40-37-46)75(49-41-43-56-55-22-5-7-24-59(55)73(66(56)45-49)61-26-9-13-32-68(61)76-69-33-14-10-27-62(69)73)67-31-17-30-65-72(67)57-23-6-8-25-60(57)74(65)63-28-11-15-34-70(63)77-71-35-16-12-29-64(71)74/h1-45H. The molecular weight excluding hydrogens is 951 g/mol. The second kappa shape index (κ2) is 16.1. The first-order valence-corrected chi connectivity index (χ1v) is 27.5. The van der Waals surface area contributed by atoms with E-state index >= 15 is 0 Å². The Bertz CT molecular complexity index is 4540. The van der Waals surface area contributed by atoms with Gasteiger partial charge in [0.2, 0.25) is 0 Å². The van der Waals surface area contributed by atoms with Gasteiger partial charge in [-0.25, -0.2) is 0 Å². The number of fused-ring (bicyclic) bond motifs is 24. The maximum atomic E-state index is 6.80. The van der Waals surface area contributed by atoms with E-state index in [1.54, 1.807) is 0 Å². The summed E-state index contributed by atoms with van der Waals surface area (Å²) < 4.78 is 6.80. The van der Waals surface area contributed by atoms with E-state index in [2.05, 4.69) is 278 Å². The summed E-state index contributed by atoms with van der Waals surface area (Å²) in [6, 6.07) is 102. The predicted octanol–water partition coefficient (Wildman–Crippen LogP) is 19.6. The first-order valence-electron chi connectivity index (χ1n) is 26.6. The molecule has 0 atom stereocenters. The van der Waals surface area contributed by atoms with Crippen LogP contribution in [0.1, 0.15) is 44.5 Å². The molecule has 77 heavy (non-hydrogen) atoms. The molecule has 17 rings (SSSR count). The summed E-state index contributed by atoms with van der Waals surface area (Å²) in [5, 5.41) is 7.66. The van der Waals surface area contributed by atoms with Crippen molar-refractivity contribution in [3.63, 3.8) is 0 Å². The molecule has 0 aromatic heterocycles. The Morgan fingerprint density at radius 2 is 0.740 bits per heavy atom. The first-order chi connectivity index (χ1) is 38.2. The Labute approximate surface area is 451 Å². The van der Waals surface area contributed by atoms with Crippen molar-refractivity contribution in [2.24, 2.45) is 0 Å². The Hall–Kier alpha value is -9.41. The smallest absolute Gasteiger partial charge is 0.132 e. The van der Waals surface area contributed by atoms with Crippen molar-refractivity contribution in [2.45, 2.75) is 20.6 Å². The number of hydrogen-bond acceptors (Lipinski definition) is 3. The third kappa shape index (κ3) is 5.71. The Morgan fingerprint density at radius 3 is 1.39 bits per heavy atom. The summed E-state index contributed by atoms with van der Waals surface area (Å²) in [6.07, 6.45) is 0. The third-order valence-corrected chi connectivity index (χ3v) is 18.5. The zero-order valence-corrected chi connectivity index (χ0v) is 42.6. The quantitative estimate of drug-likeness (QED) is 0.163. The summed E-state index contributed by atoms with van der Waals surface area (Å²) in [4.78, 5) is 5.13. The first kappa shape index (κ1) is 42.9. The van der Waals surface area contributed by atoms with Crippen LogP contribution in [0.4, 0.5) is 17.1 Å². The monoisotopic (exact) mass is 995 g/mol. The van der Waals surface area contributed by atoms with E-state index in [0.717, 1.165) is 39.7 Å². The van der Waals surface area contributed by atoms with Gasteiger partial charge in [0.1, 0.15) is 11.5 Å². The molecule has 2 aliphatic carbocycles. The lowest BCUT2D eigenvalue weighted by atomic mass is 9.66. The maximum Gasteiger partial charge on any atom is 0.132 e. The molecule has 4 aliphatic rings. The van der Waals surface area contributed by atoms with Crippen molar-refractivity contribution in [3.05, 3.63) is 317 Å². The van der Waals surface area contributed by atoms with Crippen LogP contribution in [0.5, 0.6) is 11.5 Å². The van der Waals surface area contributed by atoms with Crippen molar-refractivity contribution in [2.75, 3.05) is 4.90 Å². The highest BCUT2D eigenvalue weighted by Gasteiger charge is 2.53. The van der Waals surface area contributed by atoms with Gasteiger partial charge in [0, 0.05) is 37.9 Å². The number of hydrogen-bond donors (Lipinski definition) is 0. The molecule has 0 saturated heterocycles. The van der Waals surface area contributed by atoms with Gasteiger partial charge in [-0.15, -0.1) is 0 Å². The summed E-state index contributed by atoms with van der Waals surface area (Å²) in [5.41, 5.74) is 19.6. The van der Waals surface area contributed by atoms with Gasteiger partial charge in [-0.2, -0.15) is 0 Å². The fourth-order valence-electron chi connectivity index (χ4n) is 14.4. The second-order valence-electron chi connectivity index (χ2n) is 20.9. The number of rotatable bonds is 4. The van der Waals surface area contributed by atoms with Gasteiger partial charge in [-0.05, 0) is 154 Å². The number of anilines is 3. The van der Waals surface area contributed by atoms with Gasteiger partial charge < -0.3 is 9.64 Å². The van der Waals surface area contributed by atoms with Gasteiger partial charge >= 0.3 is 0 Å². The molecule has 2 heterocycles. The normalized spacial score (nSPS) is 14.2. The number of para-hydroxylation sites is 2. The average molecular weight is 996 g/mol. The van der Waals surface area contributed by atoms with E-state index in [9.17, 15) is 0 Å². The SMILES string of the molecule is c1ccc2c(c1)Oc1ccccc1C21c2ccccc2-c2ccc(N(c3ccc(-c4ccc5c6ccccc6c6ccccc6c5c4)cc3)c3cccc4c3-c3ccccc3C43c4ccccc4Sc4ccccc43)cc21. The number of benzene rings is 13. The molecule has 0 amide bonds. The molecule has 0 N–H and O–H groups in total. The van der Waals surface area contributed by atoms with Crippen LogP contribution in [-0.4, -0.2) is 0 Å². The second-order valence-corrected chi connectivity index (χ2v) is 22.0. The molecule has 0 bridgehead atoms. The van der Waals surface area contributed by atoms with Gasteiger partial charge in [-0.1, -0.05) is 224 Å². The highest BCUT2D eigenvalue weighted by atomic mass is 32.2. The summed E-state index contributed by atoms with van der Waals surface area (Å²) in [6.45, 7) is 0. The lowest BCUT2D eigenvalue weighted by molar-refractivity contribution is 0.436. The van der Waals surface area contributed by atoms with E-state index in [0.29, 0.717) is 0 Å². The van der Waals surface area contributed by atoms with Crippen LogP contribution in [0.15, 0.2) is 283 Å². The van der Waals surface area contributed by atoms with Gasteiger partial charge in [0.25, 0.3) is 0 Å². The highest BCUT2D eigenvalue weighted by Crippen LogP contribution is 2.66. The molecule has 2 spiro atoms. The van der Waals surface area contributed by atoms with Gasteiger partial charge in [0.05, 0.1) is 16.5 Å². The summed E-state index contributed by atoms with van der Waals surface area (Å²) >= 11 is 1.89. The van der Waals surface area contributed by atoms with E-state index < -0.39 is 10.8 Å². The molecule has 2 nitrogen and oxygen atoms in total. The molecule has 0 unspecified atom stereocenters. The van der Waals surface area contributed by atoms with Crippen molar-refractivity contribution in [3.8, 4) is 44.9 Å². The Balaban J connectivity index is 0.922. The minimum atomic E-state index is -0.628. The lowest BCUT2D eigenvalue weighted by Gasteiger charge is -2.40. The fourth-order valence-corrected chi connectivity index (χ4v) is 15.6. The van der Waals surface area contributed by atoms with Crippen molar-refractivity contribution >= 4 is 61.1 Å². The van der Waals surface area contributed by atoms with Gasteiger partial charge in [-0.3, -0.25) is 0 Å². The predicted molar refractivity (Wildman–Crippen MR) is 318 cm³/mol. The van der Waals surface area contributed by atoms with Crippen LogP contribution in [0.3, 0.4) is 0 Å². The molecule has 13 aromatic carbocycles. The van der Waals surface area contributed by atoms with E-state index in [-0.39, 0.29) is 0 Å².